The van der Waals surface area contributed by atoms with Crippen LogP contribution in [0.25, 0.3) is 0 Å². The summed E-state index contributed by atoms with van der Waals surface area (Å²) >= 11 is 1.86. The number of amidine groups is 1. The van der Waals surface area contributed by atoms with Crippen molar-refractivity contribution in [3.63, 3.8) is 0 Å². The van der Waals surface area contributed by atoms with E-state index in [1.54, 1.807) is 0 Å². The van der Waals surface area contributed by atoms with E-state index in [2.05, 4.69) is 56.4 Å². The molecule has 0 bridgehead atoms. The minimum Gasteiger partial charge on any atom is -0.360 e. The smallest absolute Gasteiger partial charge is 0.157 e. The molecule has 1 aromatic rings. The zero-order chi connectivity index (χ0) is 13.7. The van der Waals surface area contributed by atoms with Crippen LogP contribution in [0.4, 0.5) is 0 Å². The molecule has 0 amide bonds. The minimum absolute atomic E-state index is 0.155. The highest BCUT2D eigenvalue weighted by atomic mass is 32.2. The summed E-state index contributed by atoms with van der Waals surface area (Å²) in [6.07, 6.45) is 3.43. The molecule has 104 valence electrons. The fraction of sp³-hybridized carbons (Fsp3) is 0.562. The van der Waals surface area contributed by atoms with Gasteiger partial charge in [0.25, 0.3) is 0 Å². The summed E-state index contributed by atoms with van der Waals surface area (Å²) in [6.45, 7) is 6.74. The van der Waals surface area contributed by atoms with Crippen LogP contribution in [0.5, 0.6) is 0 Å². The number of benzene rings is 1. The van der Waals surface area contributed by atoms with E-state index in [1.165, 1.54) is 18.4 Å². The minimum atomic E-state index is 0.155. The number of nitrogens with one attached hydrogen (secondary N) is 1. The maximum Gasteiger partial charge on any atom is 0.157 e. The molecule has 2 rings (SSSR count). The molecule has 0 fully saturated rings. The highest BCUT2D eigenvalue weighted by Crippen LogP contribution is 2.22. The molecule has 0 radical (unpaired) electrons. The lowest BCUT2D eigenvalue weighted by Crippen LogP contribution is -2.41. The Balaban J connectivity index is 1.90. The fourth-order valence-electron chi connectivity index (χ4n) is 2.45. The Kier molecular flexibility index (Phi) is 4.92. The van der Waals surface area contributed by atoms with Gasteiger partial charge in [0.15, 0.2) is 5.17 Å². The second kappa shape index (κ2) is 6.47. The van der Waals surface area contributed by atoms with Gasteiger partial charge in [0, 0.05) is 11.3 Å². The number of thioether (sulfide) groups is 1. The van der Waals surface area contributed by atoms with Crippen molar-refractivity contribution in [2.45, 2.75) is 51.6 Å². The van der Waals surface area contributed by atoms with Gasteiger partial charge in [-0.25, -0.2) is 0 Å². The molecular formula is C16H24N2S. The maximum absolute atomic E-state index is 4.82. The third-order valence-corrected chi connectivity index (χ3v) is 4.38. The molecule has 2 nitrogen and oxygen atoms in total. The third kappa shape index (κ3) is 4.57. The average molecular weight is 276 g/mol. The first kappa shape index (κ1) is 14.4. The van der Waals surface area contributed by atoms with Gasteiger partial charge in [0.1, 0.15) is 0 Å². The van der Waals surface area contributed by atoms with Crippen LogP contribution in [-0.4, -0.2) is 22.5 Å². The van der Waals surface area contributed by atoms with Crippen LogP contribution in [0.3, 0.4) is 0 Å². The zero-order valence-corrected chi connectivity index (χ0v) is 13.0. The molecule has 0 saturated heterocycles. The van der Waals surface area contributed by atoms with E-state index in [1.807, 2.05) is 11.8 Å². The lowest BCUT2D eigenvalue weighted by atomic mass is 10.00. The van der Waals surface area contributed by atoms with E-state index in [9.17, 15) is 0 Å². The molecule has 1 heterocycles. The van der Waals surface area contributed by atoms with Crippen LogP contribution in [0, 0.1) is 0 Å². The average Bonchev–Trinajstić information content (AvgIpc) is 2.76. The Morgan fingerprint density at radius 1 is 1.32 bits per heavy atom. The summed E-state index contributed by atoms with van der Waals surface area (Å²) in [4.78, 5) is 4.82. The number of aliphatic imine (C=N–C) groups is 1. The fourth-order valence-corrected chi connectivity index (χ4v) is 3.57. The van der Waals surface area contributed by atoms with Gasteiger partial charge in [-0.15, -0.1) is 0 Å². The van der Waals surface area contributed by atoms with Crippen molar-refractivity contribution in [1.82, 2.24) is 5.32 Å². The molecule has 1 atom stereocenters. The van der Waals surface area contributed by atoms with Crippen molar-refractivity contribution in [3.05, 3.63) is 35.9 Å². The highest BCUT2D eigenvalue weighted by Gasteiger charge is 2.24. The Morgan fingerprint density at radius 3 is 2.74 bits per heavy atom. The second-order valence-corrected chi connectivity index (χ2v) is 6.86. The number of nitrogens with zero attached hydrogens (tertiary/aromatic N) is 1. The molecule has 1 aliphatic heterocycles. The molecular weight excluding hydrogens is 252 g/mol. The molecule has 1 N–H and O–H groups in total. The number of hydrogen-bond acceptors (Lipinski definition) is 3. The lowest BCUT2D eigenvalue weighted by Gasteiger charge is -2.26. The Morgan fingerprint density at radius 2 is 2.05 bits per heavy atom. The van der Waals surface area contributed by atoms with Gasteiger partial charge >= 0.3 is 0 Å². The molecule has 0 aliphatic carbocycles. The Hall–Kier alpha value is -0.960. The monoisotopic (exact) mass is 276 g/mol. The molecule has 1 aromatic carbocycles. The van der Waals surface area contributed by atoms with E-state index in [0.717, 1.165) is 17.3 Å². The van der Waals surface area contributed by atoms with Gasteiger partial charge < -0.3 is 5.32 Å². The topological polar surface area (TPSA) is 24.4 Å². The summed E-state index contributed by atoms with van der Waals surface area (Å²) in [6, 6.07) is 11.1. The largest absolute Gasteiger partial charge is 0.360 e. The summed E-state index contributed by atoms with van der Waals surface area (Å²) < 4.78 is 0. The quantitative estimate of drug-likeness (QED) is 0.883. The lowest BCUT2D eigenvalue weighted by molar-refractivity contribution is 0.422. The first-order valence-corrected chi connectivity index (χ1v) is 8.10. The van der Waals surface area contributed by atoms with Crippen LogP contribution in [-0.2, 0) is 6.42 Å². The summed E-state index contributed by atoms with van der Waals surface area (Å²) in [5.74, 6) is 1.10. The van der Waals surface area contributed by atoms with Gasteiger partial charge in [0.2, 0.25) is 0 Å². The molecule has 0 saturated carbocycles. The molecule has 1 aliphatic rings. The van der Waals surface area contributed by atoms with Gasteiger partial charge in [0.05, 0.1) is 6.04 Å². The number of rotatable bonds is 5. The molecule has 3 heteroatoms. The van der Waals surface area contributed by atoms with Gasteiger partial charge in [-0.2, -0.15) is 0 Å². The van der Waals surface area contributed by atoms with Gasteiger partial charge in [-0.05, 0) is 32.3 Å². The predicted octanol–water partition coefficient (Wildman–Crippen LogP) is 3.87. The van der Waals surface area contributed by atoms with Crippen molar-refractivity contribution in [2.75, 3.05) is 5.75 Å². The summed E-state index contributed by atoms with van der Waals surface area (Å²) in [5, 5.41) is 4.71. The molecule has 0 aromatic heterocycles. The van der Waals surface area contributed by atoms with Crippen LogP contribution < -0.4 is 5.32 Å². The van der Waals surface area contributed by atoms with Crippen molar-refractivity contribution < 1.29 is 0 Å². The predicted molar refractivity (Wildman–Crippen MR) is 85.9 cm³/mol. The normalized spacial score (nSPS) is 19.3. The number of hydrogen-bond donors (Lipinski definition) is 1. The second-order valence-electron chi connectivity index (χ2n) is 5.85. The highest BCUT2D eigenvalue weighted by molar-refractivity contribution is 8.14. The van der Waals surface area contributed by atoms with Crippen LogP contribution in [0.15, 0.2) is 35.3 Å². The summed E-state index contributed by atoms with van der Waals surface area (Å²) in [7, 11) is 0. The zero-order valence-electron chi connectivity index (χ0n) is 12.1. The Labute approximate surface area is 121 Å². The van der Waals surface area contributed by atoms with E-state index in [4.69, 9.17) is 4.99 Å². The van der Waals surface area contributed by atoms with E-state index >= 15 is 0 Å². The molecule has 19 heavy (non-hydrogen) atoms. The van der Waals surface area contributed by atoms with E-state index in [0.29, 0.717) is 6.04 Å². The maximum atomic E-state index is 4.82. The molecule has 1 unspecified atom stereocenters. The standard InChI is InChI=1S/C16H24N2S/c1-4-10-16(2,3)18-15-17-14(12-19-15)11-13-8-6-5-7-9-13/h5-9,14H,4,10-12H2,1-3H3,(H,17,18). The van der Waals surface area contributed by atoms with Crippen LogP contribution >= 0.6 is 11.8 Å². The molecule has 0 spiro atoms. The SMILES string of the molecule is CCCC(C)(C)NC1=NC(Cc2ccccc2)CS1. The Bertz CT molecular complexity index is 426. The van der Waals surface area contributed by atoms with Gasteiger partial charge in [-0.3, -0.25) is 4.99 Å². The first-order chi connectivity index (χ1) is 9.09. The van der Waals surface area contributed by atoms with Crippen LogP contribution in [0.2, 0.25) is 0 Å². The van der Waals surface area contributed by atoms with E-state index in [-0.39, 0.29) is 5.54 Å². The summed E-state index contributed by atoms with van der Waals surface area (Å²) in [5.41, 5.74) is 1.54. The van der Waals surface area contributed by atoms with Crippen molar-refractivity contribution in [1.29, 1.82) is 0 Å². The third-order valence-electron chi connectivity index (χ3n) is 3.35. The van der Waals surface area contributed by atoms with Crippen LogP contribution in [0.1, 0.15) is 39.2 Å². The van der Waals surface area contributed by atoms with E-state index < -0.39 is 0 Å². The first-order valence-electron chi connectivity index (χ1n) is 7.12. The van der Waals surface area contributed by atoms with Crippen molar-refractivity contribution in [2.24, 2.45) is 4.99 Å². The van der Waals surface area contributed by atoms with Crippen molar-refractivity contribution >= 4 is 16.9 Å². The van der Waals surface area contributed by atoms with Gasteiger partial charge in [-0.1, -0.05) is 55.4 Å². The van der Waals surface area contributed by atoms with Crippen molar-refractivity contribution in [3.8, 4) is 0 Å².